The SMILES string of the molecule is CNC(=O)N1CCN(CCN2CCn3c(c(C4CCCCC4)c4ccc(C(=O)O)cc43)-c3ccccc32)CC1. The number of carbonyl (C=O) groups is 2. The van der Waals surface area contributed by atoms with Crippen LogP contribution in [0.25, 0.3) is 22.2 Å². The number of rotatable bonds is 5. The molecule has 1 aromatic heterocycles. The first-order chi connectivity index (χ1) is 19.0. The monoisotopic (exact) mass is 529 g/mol. The number of carbonyl (C=O) groups excluding carboxylic acids is 1. The summed E-state index contributed by atoms with van der Waals surface area (Å²) >= 11 is 0. The molecule has 2 aliphatic heterocycles. The Hall–Kier alpha value is -3.52. The summed E-state index contributed by atoms with van der Waals surface area (Å²) in [6.45, 7) is 6.83. The highest BCUT2D eigenvalue weighted by molar-refractivity contribution is 5.99. The maximum atomic E-state index is 12.0. The van der Waals surface area contributed by atoms with E-state index in [2.05, 4.69) is 50.0 Å². The summed E-state index contributed by atoms with van der Waals surface area (Å²) in [5.41, 5.74) is 6.63. The third-order valence-corrected chi connectivity index (χ3v) is 9.02. The minimum atomic E-state index is -0.876. The largest absolute Gasteiger partial charge is 0.478 e. The molecule has 3 aromatic rings. The van der Waals surface area contributed by atoms with Crippen LogP contribution in [-0.4, -0.2) is 84.3 Å². The Kier molecular flexibility index (Phi) is 7.21. The third-order valence-electron chi connectivity index (χ3n) is 9.02. The van der Waals surface area contributed by atoms with Crippen LogP contribution in [-0.2, 0) is 6.54 Å². The van der Waals surface area contributed by atoms with Crippen LogP contribution in [0.2, 0.25) is 0 Å². The summed E-state index contributed by atoms with van der Waals surface area (Å²) in [6, 6.07) is 14.5. The number of anilines is 1. The molecular formula is C31H39N5O3. The van der Waals surface area contributed by atoms with Crippen molar-refractivity contribution in [2.45, 2.75) is 44.6 Å². The highest BCUT2D eigenvalue weighted by Crippen LogP contribution is 2.47. The number of nitrogens with one attached hydrogen (secondary N) is 1. The predicted octanol–water partition coefficient (Wildman–Crippen LogP) is 4.83. The van der Waals surface area contributed by atoms with E-state index < -0.39 is 5.97 Å². The Balaban J connectivity index is 1.34. The molecule has 206 valence electrons. The van der Waals surface area contributed by atoms with Gasteiger partial charge in [0.1, 0.15) is 0 Å². The average molecular weight is 530 g/mol. The van der Waals surface area contributed by atoms with E-state index in [4.69, 9.17) is 0 Å². The first kappa shape index (κ1) is 25.7. The van der Waals surface area contributed by atoms with Crippen LogP contribution in [0.5, 0.6) is 0 Å². The third kappa shape index (κ3) is 4.86. The van der Waals surface area contributed by atoms with Gasteiger partial charge in [0.15, 0.2) is 0 Å². The number of benzene rings is 2. The van der Waals surface area contributed by atoms with E-state index in [-0.39, 0.29) is 6.03 Å². The van der Waals surface area contributed by atoms with Gasteiger partial charge in [0.2, 0.25) is 0 Å². The molecule has 2 amide bonds. The van der Waals surface area contributed by atoms with E-state index >= 15 is 0 Å². The molecule has 0 spiro atoms. The van der Waals surface area contributed by atoms with Gasteiger partial charge in [-0.15, -0.1) is 0 Å². The molecule has 1 saturated carbocycles. The van der Waals surface area contributed by atoms with E-state index in [0.717, 1.165) is 57.9 Å². The zero-order chi connectivity index (χ0) is 26.9. The summed E-state index contributed by atoms with van der Waals surface area (Å²) in [5, 5.41) is 13.7. The van der Waals surface area contributed by atoms with Crippen LogP contribution in [0, 0.1) is 0 Å². The van der Waals surface area contributed by atoms with Crippen LogP contribution in [0.1, 0.15) is 53.9 Å². The molecule has 0 radical (unpaired) electrons. The second kappa shape index (κ2) is 10.9. The van der Waals surface area contributed by atoms with E-state index in [0.29, 0.717) is 11.5 Å². The molecule has 6 rings (SSSR count). The van der Waals surface area contributed by atoms with E-state index in [1.165, 1.54) is 60.0 Å². The van der Waals surface area contributed by atoms with Gasteiger partial charge in [-0.25, -0.2) is 9.59 Å². The molecule has 2 N–H and O–H groups in total. The first-order valence-corrected chi connectivity index (χ1v) is 14.5. The fraction of sp³-hybridized carbons (Fsp3) is 0.484. The van der Waals surface area contributed by atoms with E-state index in [1.807, 2.05) is 11.0 Å². The van der Waals surface area contributed by atoms with Crippen LogP contribution in [0.3, 0.4) is 0 Å². The minimum Gasteiger partial charge on any atom is -0.478 e. The summed E-state index contributed by atoms with van der Waals surface area (Å²) in [7, 11) is 1.69. The van der Waals surface area contributed by atoms with Gasteiger partial charge < -0.3 is 24.8 Å². The lowest BCUT2D eigenvalue weighted by Crippen LogP contribution is -2.52. The molecule has 8 heteroatoms. The Morgan fingerprint density at radius 1 is 0.923 bits per heavy atom. The Morgan fingerprint density at radius 2 is 1.69 bits per heavy atom. The second-order valence-corrected chi connectivity index (χ2v) is 11.2. The van der Waals surface area contributed by atoms with Gasteiger partial charge in [0.25, 0.3) is 0 Å². The van der Waals surface area contributed by atoms with Crippen molar-refractivity contribution in [1.82, 2.24) is 19.7 Å². The highest BCUT2D eigenvalue weighted by atomic mass is 16.4. The number of aromatic carboxylic acids is 1. The molecule has 1 saturated heterocycles. The quantitative estimate of drug-likeness (QED) is 0.495. The minimum absolute atomic E-state index is 0.00469. The zero-order valence-electron chi connectivity index (χ0n) is 22.9. The van der Waals surface area contributed by atoms with E-state index in [9.17, 15) is 14.7 Å². The van der Waals surface area contributed by atoms with Gasteiger partial charge in [-0.2, -0.15) is 0 Å². The van der Waals surface area contributed by atoms with Crippen molar-refractivity contribution in [3.63, 3.8) is 0 Å². The average Bonchev–Trinajstić information content (AvgIpc) is 3.21. The van der Waals surface area contributed by atoms with Crippen molar-refractivity contribution in [3.05, 3.63) is 53.6 Å². The Morgan fingerprint density at radius 3 is 2.44 bits per heavy atom. The summed E-state index contributed by atoms with van der Waals surface area (Å²) in [6.07, 6.45) is 6.20. The number of hydrogen-bond acceptors (Lipinski definition) is 4. The molecule has 0 unspecified atom stereocenters. The number of carboxylic acids is 1. The fourth-order valence-electron chi connectivity index (χ4n) is 6.95. The lowest BCUT2D eigenvalue weighted by molar-refractivity contribution is 0.0697. The van der Waals surface area contributed by atoms with Crippen molar-refractivity contribution in [3.8, 4) is 11.3 Å². The normalized spacial score (nSPS) is 18.5. The van der Waals surface area contributed by atoms with Gasteiger partial charge in [-0.05, 0) is 42.5 Å². The highest BCUT2D eigenvalue weighted by Gasteiger charge is 2.31. The van der Waals surface area contributed by atoms with E-state index in [1.54, 1.807) is 13.1 Å². The van der Waals surface area contributed by atoms with Crippen LogP contribution in [0.15, 0.2) is 42.5 Å². The molecule has 1 aliphatic carbocycles. The predicted molar refractivity (Wildman–Crippen MR) is 155 cm³/mol. The number of nitrogens with zero attached hydrogens (tertiary/aromatic N) is 4. The van der Waals surface area contributed by atoms with Gasteiger partial charge in [0, 0.05) is 81.6 Å². The number of para-hydroxylation sites is 1. The topological polar surface area (TPSA) is 81.1 Å². The number of hydrogen-bond donors (Lipinski definition) is 2. The molecule has 3 heterocycles. The summed E-state index contributed by atoms with van der Waals surface area (Å²) in [5.74, 6) is -0.372. The Bertz CT molecular complexity index is 1370. The number of carboxylic acid groups (broad SMARTS) is 1. The molecule has 2 aromatic carbocycles. The molecule has 0 bridgehead atoms. The van der Waals surface area contributed by atoms with Crippen molar-refractivity contribution >= 4 is 28.6 Å². The number of piperazine rings is 1. The number of aromatic nitrogens is 1. The second-order valence-electron chi connectivity index (χ2n) is 11.2. The molecule has 3 aliphatic rings. The zero-order valence-corrected chi connectivity index (χ0v) is 22.9. The van der Waals surface area contributed by atoms with Gasteiger partial charge >= 0.3 is 12.0 Å². The first-order valence-electron chi connectivity index (χ1n) is 14.5. The smallest absolute Gasteiger partial charge is 0.335 e. The van der Waals surface area contributed by atoms with Gasteiger partial charge in [-0.3, -0.25) is 4.90 Å². The van der Waals surface area contributed by atoms with Crippen LogP contribution in [0.4, 0.5) is 10.5 Å². The number of amides is 2. The standard InChI is InChI=1S/C31H39N5O3/c1-32-31(39)35-17-14-33(15-18-35)13-16-34-19-20-36-27-21-23(30(37)38)11-12-24(27)28(22-7-3-2-4-8-22)29(36)25-9-5-6-10-26(25)34/h5-6,9-12,21-22H,2-4,7-8,13-20H2,1H3,(H,32,39)(H,37,38). The van der Waals surface area contributed by atoms with Crippen molar-refractivity contribution < 1.29 is 14.7 Å². The molecule has 8 nitrogen and oxygen atoms in total. The Labute approximate surface area is 230 Å². The lowest BCUT2D eigenvalue weighted by Gasteiger charge is -2.36. The number of fused-ring (bicyclic) bond motifs is 5. The molecule has 39 heavy (non-hydrogen) atoms. The van der Waals surface area contributed by atoms with Gasteiger partial charge in [0.05, 0.1) is 11.3 Å². The lowest BCUT2D eigenvalue weighted by atomic mass is 9.81. The van der Waals surface area contributed by atoms with Crippen LogP contribution < -0.4 is 10.2 Å². The van der Waals surface area contributed by atoms with Crippen molar-refractivity contribution in [2.24, 2.45) is 0 Å². The van der Waals surface area contributed by atoms with Crippen molar-refractivity contribution in [1.29, 1.82) is 0 Å². The molecular weight excluding hydrogens is 490 g/mol. The maximum Gasteiger partial charge on any atom is 0.335 e. The fourth-order valence-corrected chi connectivity index (χ4v) is 6.95. The summed E-state index contributed by atoms with van der Waals surface area (Å²) < 4.78 is 2.41. The maximum absolute atomic E-state index is 12.0. The van der Waals surface area contributed by atoms with Crippen LogP contribution >= 0.6 is 0 Å². The molecule has 0 atom stereocenters. The van der Waals surface area contributed by atoms with Gasteiger partial charge in [-0.1, -0.05) is 43.5 Å². The number of urea groups is 1. The molecule has 2 fully saturated rings. The van der Waals surface area contributed by atoms with Crippen molar-refractivity contribution in [2.75, 3.05) is 57.8 Å². The summed E-state index contributed by atoms with van der Waals surface area (Å²) in [4.78, 5) is 30.7.